The Balaban J connectivity index is 1.70. The van der Waals surface area contributed by atoms with E-state index in [1.165, 1.54) is 6.07 Å². The lowest BCUT2D eigenvalue weighted by atomic mass is 9.96. The first-order valence-corrected chi connectivity index (χ1v) is 10.5. The lowest BCUT2D eigenvalue weighted by Crippen LogP contribution is -2.42. The highest BCUT2D eigenvalue weighted by molar-refractivity contribution is 5.84. The maximum Gasteiger partial charge on any atom is 0.410 e. The predicted molar refractivity (Wildman–Crippen MR) is 116 cm³/mol. The smallest absolute Gasteiger partial charge is 0.410 e. The number of hydrogen-bond donors (Lipinski definition) is 1. The summed E-state index contributed by atoms with van der Waals surface area (Å²) in [7, 11) is 1.78. The minimum atomic E-state index is -0.508. The van der Waals surface area contributed by atoms with E-state index in [0.29, 0.717) is 30.2 Å². The molecular formula is C23H32N2O5. The summed E-state index contributed by atoms with van der Waals surface area (Å²) < 4.78 is 10.8. The van der Waals surface area contributed by atoms with Crippen molar-refractivity contribution in [2.45, 2.75) is 52.7 Å². The van der Waals surface area contributed by atoms with Crippen LogP contribution in [0.25, 0.3) is 11.0 Å². The summed E-state index contributed by atoms with van der Waals surface area (Å²) in [5.74, 6) is 0.458. The lowest BCUT2D eigenvalue weighted by molar-refractivity contribution is 0.0241. The van der Waals surface area contributed by atoms with Crippen LogP contribution in [0.5, 0.6) is 5.75 Å². The van der Waals surface area contributed by atoms with Gasteiger partial charge in [0.15, 0.2) is 0 Å². The Hall–Kier alpha value is -2.54. The molecule has 1 amide bonds. The van der Waals surface area contributed by atoms with Gasteiger partial charge in [-0.25, -0.2) is 9.59 Å². The van der Waals surface area contributed by atoms with Crippen molar-refractivity contribution in [3.05, 3.63) is 39.7 Å². The highest BCUT2D eigenvalue weighted by atomic mass is 16.6. The average Bonchev–Trinajstić information content (AvgIpc) is 2.64. The fraction of sp³-hybridized carbons (Fsp3) is 0.565. The molecule has 30 heavy (non-hydrogen) atoms. The van der Waals surface area contributed by atoms with E-state index in [1.54, 1.807) is 31.0 Å². The van der Waals surface area contributed by atoms with Gasteiger partial charge in [-0.05, 0) is 70.7 Å². The van der Waals surface area contributed by atoms with Crippen LogP contribution in [-0.2, 0) is 11.3 Å². The van der Waals surface area contributed by atoms with E-state index >= 15 is 0 Å². The fourth-order valence-electron chi connectivity index (χ4n) is 4.03. The number of rotatable bonds is 4. The largest absolute Gasteiger partial charge is 0.508 e. The standard InChI is InChI=1S/C23H32N2O5/c1-15-19(26)9-8-18-17(11-20(27)29-21(15)18)14-25-10-6-7-16(13-25)12-24(5)22(28)30-23(2,3)4/h8-9,11,16,26H,6-7,10,12-14H2,1-5H3. The van der Waals surface area contributed by atoms with Crippen molar-refractivity contribution in [3.63, 3.8) is 0 Å². The number of nitrogens with zero attached hydrogens (tertiary/aromatic N) is 2. The van der Waals surface area contributed by atoms with Crippen LogP contribution in [0.4, 0.5) is 4.79 Å². The molecule has 0 spiro atoms. The van der Waals surface area contributed by atoms with Gasteiger partial charge in [-0.3, -0.25) is 4.90 Å². The number of amides is 1. The van der Waals surface area contributed by atoms with Crippen LogP contribution in [0, 0.1) is 12.8 Å². The Morgan fingerprint density at radius 2 is 2.10 bits per heavy atom. The second kappa shape index (κ2) is 8.68. The normalized spacial score (nSPS) is 17.8. The number of phenolic OH excluding ortho intramolecular Hbond substituents is 1. The molecule has 2 heterocycles. The summed E-state index contributed by atoms with van der Waals surface area (Å²) in [6.07, 6.45) is 1.78. The zero-order valence-electron chi connectivity index (χ0n) is 18.5. The third-order valence-electron chi connectivity index (χ3n) is 5.45. The summed E-state index contributed by atoms with van der Waals surface area (Å²) in [6.45, 7) is 10.4. The number of aromatic hydroxyl groups is 1. The number of carbonyl (C=O) groups excluding carboxylic acids is 1. The topological polar surface area (TPSA) is 83.2 Å². The third kappa shape index (κ3) is 5.33. The second-order valence-electron chi connectivity index (χ2n) is 9.28. The Morgan fingerprint density at radius 1 is 1.37 bits per heavy atom. The van der Waals surface area contributed by atoms with Crippen molar-refractivity contribution in [3.8, 4) is 5.75 Å². The molecule has 1 N–H and O–H groups in total. The molecule has 1 aliphatic rings. The van der Waals surface area contributed by atoms with Gasteiger partial charge in [0.25, 0.3) is 0 Å². The van der Waals surface area contributed by atoms with Crippen LogP contribution in [0.3, 0.4) is 0 Å². The number of phenols is 1. The number of hydrogen-bond acceptors (Lipinski definition) is 6. The molecule has 0 bridgehead atoms. The molecule has 0 aliphatic carbocycles. The van der Waals surface area contributed by atoms with E-state index in [-0.39, 0.29) is 11.8 Å². The Kier molecular flexibility index (Phi) is 6.41. The molecule has 164 valence electrons. The van der Waals surface area contributed by atoms with Gasteiger partial charge < -0.3 is 19.2 Å². The second-order valence-corrected chi connectivity index (χ2v) is 9.28. The van der Waals surface area contributed by atoms with Gasteiger partial charge in [-0.1, -0.05) is 0 Å². The van der Waals surface area contributed by atoms with Crippen molar-refractivity contribution in [1.82, 2.24) is 9.80 Å². The third-order valence-corrected chi connectivity index (χ3v) is 5.45. The van der Waals surface area contributed by atoms with E-state index in [0.717, 1.165) is 36.9 Å². The van der Waals surface area contributed by atoms with Crippen LogP contribution < -0.4 is 5.63 Å². The maximum absolute atomic E-state index is 12.3. The molecule has 0 radical (unpaired) electrons. The first kappa shape index (κ1) is 22.2. The summed E-state index contributed by atoms with van der Waals surface area (Å²) in [5.41, 5.74) is 0.985. The van der Waals surface area contributed by atoms with Crippen molar-refractivity contribution >= 4 is 17.1 Å². The summed E-state index contributed by atoms with van der Waals surface area (Å²) in [6, 6.07) is 4.97. The fourth-order valence-corrected chi connectivity index (χ4v) is 4.03. The van der Waals surface area contributed by atoms with Gasteiger partial charge in [0.1, 0.15) is 16.9 Å². The molecule has 7 nitrogen and oxygen atoms in total. The van der Waals surface area contributed by atoms with Crippen LogP contribution in [0.15, 0.2) is 27.4 Å². The van der Waals surface area contributed by atoms with E-state index in [9.17, 15) is 14.7 Å². The summed E-state index contributed by atoms with van der Waals surface area (Å²) in [4.78, 5) is 28.3. The molecule has 1 unspecified atom stereocenters. The molecule has 0 saturated carbocycles. The van der Waals surface area contributed by atoms with Gasteiger partial charge in [-0.2, -0.15) is 0 Å². The van der Waals surface area contributed by atoms with Crippen LogP contribution >= 0.6 is 0 Å². The number of piperidine rings is 1. The van der Waals surface area contributed by atoms with Gasteiger partial charge in [0.05, 0.1) is 0 Å². The van der Waals surface area contributed by atoms with Crippen LogP contribution in [0.1, 0.15) is 44.7 Å². The minimum Gasteiger partial charge on any atom is -0.508 e. The summed E-state index contributed by atoms with van der Waals surface area (Å²) >= 11 is 0. The predicted octanol–water partition coefficient (Wildman–Crippen LogP) is 3.89. The molecule has 7 heteroatoms. The number of likely N-dealkylation sites (tertiary alicyclic amines) is 1. The number of carbonyl (C=O) groups is 1. The van der Waals surface area contributed by atoms with Gasteiger partial charge >= 0.3 is 11.7 Å². The number of ether oxygens (including phenoxy) is 1. The molecule has 1 fully saturated rings. The van der Waals surface area contributed by atoms with Crippen molar-refractivity contribution in [2.75, 3.05) is 26.7 Å². The minimum absolute atomic E-state index is 0.117. The van der Waals surface area contributed by atoms with E-state index < -0.39 is 11.2 Å². The lowest BCUT2D eigenvalue weighted by Gasteiger charge is -2.35. The highest BCUT2D eigenvalue weighted by Gasteiger charge is 2.26. The van der Waals surface area contributed by atoms with Crippen LogP contribution in [0.2, 0.25) is 0 Å². The van der Waals surface area contributed by atoms with Gasteiger partial charge in [0.2, 0.25) is 0 Å². The Labute approximate surface area is 177 Å². The monoisotopic (exact) mass is 416 g/mol. The highest BCUT2D eigenvalue weighted by Crippen LogP contribution is 2.29. The molecule has 3 rings (SSSR count). The number of fused-ring (bicyclic) bond motifs is 1. The SMILES string of the molecule is Cc1c(O)ccc2c(CN3CCCC(CN(C)C(=O)OC(C)(C)C)C3)cc(=O)oc12. The summed E-state index contributed by atoms with van der Waals surface area (Å²) in [5, 5.41) is 10.8. The zero-order valence-corrected chi connectivity index (χ0v) is 18.5. The zero-order chi connectivity index (χ0) is 22.1. The molecule has 1 aromatic heterocycles. The van der Waals surface area contributed by atoms with Gasteiger partial charge in [0, 0.05) is 43.7 Å². The van der Waals surface area contributed by atoms with E-state index in [1.807, 2.05) is 20.8 Å². The quantitative estimate of drug-likeness (QED) is 0.762. The molecule has 1 saturated heterocycles. The first-order valence-electron chi connectivity index (χ1n) is 10.5. The molecule has 1 aromatic carbocycles. The Morgan fingerprint density at radius 3 is 2.80 bits per heavy atom. The molecule has 1 atom stereocenters. The average molecular weight is 417 g/mol. The number of benzene rings is 1. The van der Waals surface area contributed by atoms with Crippen molar-refractivity contribution in [2.24, 2.45) is 5.92 Å². The first-order chi connectivity index (χ1) is 14.0. The van der Waals surface area contributed by atoms with Crippen molar-refractivity contribution in [1.29, 1.82) is 0 Å². The van der Waals surface area contributed by atoms with Gasteiger partial charge in [-0.15, -0.1) is 0 Å². The van der Waals surface area contributed by atoms with Crippen molar-refractivity contribution < 1.29 is 19.1 Å². The molecule has 1 aliphatic heterocycles. The van der Waals surface area contributed by atoms with E-state index in [2.05, 4.69) is 4.90 Å². The molecule has 2 aromatic rings. The molecular weight excluding hydrogens is 384 g/mol. The van der Waals surface area contributed by atoms with Crippen LogP contribution in [-0.4, -0.2) is 53.3 Å². The maximum atomic E-state index is 12.3. The number of aryl methyl sites for hydroxylation is 1. The Bertz CT molecular complexity index is 976. The van der Waals surface area contributed by atoms with E-state index in [4.69, 9.17) is 9.15 Å².